The van der Waals surface area contributed by atoms with E-state index in [1.165, 1.54) is 18.2 Å². The van der Waals surface area contributed by atoms with Gasteiger partial charge in [-0.2, -0.15) is 0 Å². The molecule has 3 aromatic carbocycles. The van der Waals surface area contributed by atoms with Crippen LogP contribution in [0.4, 0.5) is 0 Å². The average Bonchev–Trinajstić information content (AvgIpc) is 0.705. The molecule has 134 heavy (non-hydrogen) atoms. The SMILES string of the molecule is O=C(Oc1cc(Cl)cc(OC(=O)c2ccc(-c3ccccn3)cc2)c1)c1ccc(-c2ccccn2)cc1.[B][B]B(B([B])[B])B(B([B])[B])B(B(B([B])[B])B([B])[B])B(B(B(B([B])[B])B([B])[B])B(B([B])[B])B([B])[B])B(B(B(B(B([B])[B])B([B])[B])B(B([B])[B])B([B])[B])B(B(B([B])[B])B([B])[B])B(B([B])[B])B([B])[B])B(B(B(B([B])[B])B([B])[B])B(B([B])[B])B([B])[B])B(B(B([B])[B])B([B])[B])B(B([B])[B])B([B])[B]. The van der Waals surface area contributed by atoms with Gasteiger partial charge in [0, 0.05) is 721 Å². The maximum Gasteiger partial charge on any atom is 0.343 e. The molecule has 0 spiro atoms. The van der Waals surface area contributed by atoms with Crippen molar-refractivity contribution < 1.29 is 19.1 Å². The van der Waals surface area contributed by atoms with E-state index in [1.54, 1.807) is 60.9 Å². The van der Waals surface area contributed by atoms with Gasteiger partial charge < -0.3 is 9.47 Å². The van der Waals surface area contributed by atoms with Gasteiger partial charge in [0.25, 0.3) is 0 Å². The molecule has 0 aliphatic heterocycles. The van der Waals surface area contributed by atoms with E-state index >= 15 is 0 Å². The highest BCUT2D eigenvalue weighted by molar-refractivity contribution is 8.44. The fourth-order valence-electron chi connectivity index (χ4n) is 21.1. The molecule has 471 valence electrons. The van der Waals surface area contributed by atoms with Crippen LogP contribution in [0.15, 0.2) is 116 Å². The summed E-state index contributed by atoms with van der Waals surface area (Å²) in [5, 5.41) is 0.254. The van der Waals surface area contributed by atoms with Crippen molar-refractivity contribution in [2.75, 3.05) is 0 Å². The van der Waals surface area contributed by atoms with E-state index in [1.807, 2.05) is 36.4 Å². The fourth-order valence-corrected chi connectivity index (χ4v) is 21.3. The number of aromatic nitrogens is 2. The van der Waals surface area contributed by atoms with Crippen molar-refractivity contribution in [2.45, 2.75) is 0 Å². The zero-order valence-corrected chi connectivity index (χ0v) is 76.1. The molecule has 0 unspecified atom stereocenters. The predicted octanol–water partition coefficient (Wildman–Crippen LogP) is -30.0. The molecule has 5 rings (SSSR count). The first-order chi connectivity index (χ1) is 62.2. The third-order valence-electron chi connectivity index (χ3n) is 26.1. The zero-order chi connectivity index (χ0) is 102. The van der Waals surface area contributed by atoms with Crippen LogP contribution in [0.1, 0.15) is 20.7 Å². The lowest BCUT2D eigenvalue weighted by atomic mass is 8.18. The Morgan fingerprint density at radius 2 is 0.396 bits per heavy atom. The molecular formula is C30H19B97ClN2O4. The summed E-state index contributed by atoms with van der Waals surface area (Å²) in [6.07, 6.45) is -83.9. The second-order valence-corrected chi connectivity index (χ2v) is 35.8. The Kier molecular flexibility index (Phi) is 57.4. The normalized spacial score (nSPS) is 10.0. The molecule has 0 N–H and O–H groups in total. The van der Waals surface area contributed by atoms with E-state index in [4.69, 9.17) is 400 Å². The first-order valence-corrected chi connectivity index (χ1v) is 43.7. The van der Waals surface area contributed by atoms with Crippen LogP contribution >= 0.6 is 11.6 Å². The fraction of sp³-hybridized carbons (Fsp3) is 0. The highest BCUT2D eigenvalue weighted by Crippen LogP contribution is 2.33. The number of nitrogens with zero attached hydrogens (tertiary/aromatic N) is 2. The van der Waals surface area contributed by atoms with Crippen LogP contribution in [-0.2, 0) is 0 Å². The van der Waals surface area contributed by atoms with E-state index in [-0.39, 0.29) is 16.5 Å². The molecule has 0 saturated carbocycles. The number of rotatable bonds is 53. The lowest BCUT2D eigenvalue weighted by molar-refractivity contribution is 0.0732. The van der Waals surface area contributed by atoms with Crippen LogP contribution in [0.3, 0.4) is 0 Å². The number of hydrogen-bond acceptors (Lipinski definition) is 6. The first kappa shape index (κ1) is 128. The van der Waals surface area contributed by atoms with Gasteiger partial charge >= 0.3 is 11.9 Å². The number of esters is 2. The van der Waals surface area contributed by atoms with Gasteiger partial charge in [0.2, 0.25) is 0 Å². The number of carbonyl (C=O) groups is 2. The largest absolute Gasteiger partial charge is 0.423 e. The number of pyridine rings is 2. The molecule has 5 aromatic rings. The topological polar surface area (TPSA) is 78.4 Å². The summed E-state index contributed by atoms with van der Waals surface area (Å²) >= 11 is 6.19. The highest BCUT2D eigenvalue weighted by atomic mass is 35.5. The van der Waals surface area contributed by atoms with Crippen LogP contribution in [0.2, 0.25) is 5.02 Å². The standard InChI is InChI=1S/C30H19ClN2O4.B97/c31-24-17-25(36-29(34)22-11-7-20(8-12-22)27-5-1-3-15-32-27)19-26(18-24)37-30(35)23-13-9-21(10-14-23)28-6-2-4-16-33-28;1-50-75(51(2)3)87(74(48)49)93(86(72(44)45)73(46)47)96(92(84(68(36)37)69(38)39)85(70(40)41)71(42)43)97(94(88(76(52(4)5)53(6)7)77(54(8)9)55(10)11)89(78(56(12)13)57(14)15)79(58(16)17)59(18)19)95(90(80(60(20)21)61(22)23)81(62(24)25)63(26)27)91(82(64(28)29)65(30)31)83(66(32)33)67(34)35/h1-19H;. The van der Waals surface area contributed by atoms with Gasteiger partial charge in [-0.1, -0.05) is 48.0 Å². The average molecular weight is 1560 g/mol. The maximum absolute atomic E-state index is 12.7. The van der Waals surface area contributed by atoms with Crippen molar-refractivity contribution >= 4 is 710 Å². The zero-order valence-electron chi connectivity index (χ0n) is 75.4. The highest BCUT2D eigenvalue weighted by Gasteiger charge is 2.68. The minimum absolute atomic E-state index is 0.152. The summed E-state index contributed by atoms with van der Waals surface area (Å²) < 4.78 is 11.0. The lowest BCUT2D eigenvalue weighted by Gasteiger charge is -2.63. The van der Waals surface area contributed by atoms with Crippen molar-refractivity contribution in [3.8, 4) is 34.0 Å². The van der Waals surface area contributed by atoms with E-state index in [0.29, 0.717) is 11.1 Å². The molecule has 104 heteroatoms. The van der Waals surface area contributed by atoms with Crippen LogP contribution in [-0.4, -0.2) is 708 Å². The molecule has 0 amide bonds. The van der Waals surface area contributed by atoms with Crippen molar-refractivity contribution in [3.63, 3.8) is 0 Å². The maximum atomic E-state index is 12.7. The number of ether oxygens (including phenoxy) is 2. The van der Waals surface area contributed by atoms with Crippen LogP contribution in [0, 0.1) is 0 Å². The van der Waals surface area contributed by atoms with Gasteiger partial charge in [-0.15, -0.1) is 0 Å². The first-order valence-electron chi connectivity index (χ1n) is 43.3. The van der Waals surface area contributed by atoms with Gasteiger partial charge in [-0.05, 0) is 60.7 Å². The summed E-state index contributed by atoms with van der Waals surface area (Å²) in [4.78, 5) is 34.0. The molecule has 0 fully saturated rings. The van der Waals surface area contributed by atoms with Crippen molar-refractivity contribution in [3.05, 3.63) is 132 Å². The Hall–Kier alpha value is 1.49. The monoisotopic (exact) mass is 1570 g/mol. The molecule has 0 atom stereocenters. The third-order valence-corrected chi connectivity index (χ3v) is 26.3. The molecule has 2 aromatic heterocycles. The third kappa shape index (κ3) is 34.8. The Balaban J connectivity index is 0.000000827. The van der Waals surface area contributed by atoms with Crippen molar-refractivity contribution in [1.29, 1.82) is 0 Å². The molecule has 2 heterocycles. The molecule has 6 nitrogen and oxygen atoms in total. The summed E-state index contributed by atoms with van der Waals surface area (Å²) in [7, 11) is 348. The van der Waals surface area contributed by atoms with Crippen LogP contribution < -0.4 is 9.47 Å². The smallest absolute Gasteiger partial charge is 0.343 e. The summed E-state index contributed by atoms with van der Waals surface area (Å²) in [5.41, 5.74) is 4.06. The Morgan fingerprint density at radius 3 is 0.545 bits per heavy atom. The van der Waals surface area contributed by atoms with Gasteiger partial charge in [-0.3, -0.25) is 9.97 Å². The van der Waals surface area contributed by atoms with Crippen LogP contribution in [0.25, 0.3) is 22.5 Å². The van der Waals surface area contributed by atoms with E-state index in [9.17, 15) is 9.59 Å². The second kappa shape index (κ2) is 60.2. The second-order valence-electron chi connectivity index (χ2n) is 35.3. The van der Waals surface area contributed by atoms with Gasteiger partial charge in [0.1, 0.15) is 11.5 Å². The number of carbonyl (C=O) groups excluding carboxylic acids is 2. The minimum atomic E-state index is -2.26. The van der Waals surface area contributed by atoms with E-state index in [2.05, 4.69) is 9.97 Å². The number of hydrogen-bond donors (Lipinski definition) is 0. The van der Waals surface area contributed by atoms with E-state index < -0.39 is 312 Å². The minimum Gasteiger partial charge on any atom is -0.423 e. The summed E-state index contributed by atoms with van der Waals surface area (Å²) in [6, 6.07) is 29.4. The van der Waals surface area contributed by atoms with Gasteiger partial charge in [-0.25, -0.2) is 9.59 Å². The van der Waals surface area contributed by atoms with Crippen molar-refractivity contribution in [2.24, 2.45) is 0 Å². The number of benzene rings is 3. The molecular weight excluding hydrogens is 1540 g/mol. The predicted molar refractivity (Wildman–Crippen MR) is 699 cm³/mol. The summed E-state index contributed by atoms with van der Waals surface area (Å²) in [5.74, 6) is -0.839. The molecule has 0 bridgehead atoms. The molecule has 0 aliphatic carbocycles. The molecule has 99 radical (unpaired) electrons. The lowest BCUT2D eigenvalue weighted by Crippen LogP contribution is -3.01. The van der Waals surface area contributed by atoms with Crippen LogP contribution in [0.5, 0.6) is 11.5 Å². The van der Waals surface area contributed by atoms with Gasteiger partial charge in [0.05, 0.1) is 22.5 Å². The van der Waals surface area contributed by atoms with Gasteiger partial charge in [0.15, 0.2) is 0 Å². The Morgan fingerprint density at radius 1 is 0.224 bits per heavy atom. The number of halogens is 1. The quantitative estimate of drug-likeness (QED) is 0.0219. The van der Waals surface area contributed by atoms with Crippen molar-refractivity contribution in [1.82, 2.24) is 9.97 Å². The Labute approximate surface area is 895 Å². The Bertz CT molecular complexity index is 3670. The molecule has 0 saturated heterocycles. The summed E-state index contributed by atoms with van der Waals surface area (Å²) in [6.45, 7) is 0. The molecule has 0 aliphatic rings. The van der Waals surface area contributed by atoms with E-state index in [0.717, 1.165) is 29.6 Å².